The fraction of sp³-hybridized carbons (Fsp3) is 0.500. The summed E-state index contributed by atoms with van der Waals surface area (Å²) in [4.78, 5) is 11.0. The number of benzene rings is 1. The van der Waals surface area contributed by atoms with Crippen molar-refractivity contribution in [1.29, 1.82) is 0 Å². The molecule has 0 bridgehead atoms. The van der Waals surface area contributed by atoms with Gasteiger partial charge in [-0.3, -0.25) is 4.79 Å². The highest BCUT2D eigenvalue weighted by molar-refractivity contribution is 7.92. The molecule has 0 saturated carbocycles. The monoisotopic (exact) mass is 284 g/mol. The van der Waals surface area contributed by atoms with Gasteiger partial charge < -0.3 is 5.11 Å². The lowest BCUT2D eigenvalue weighted by Crippen LogP contribution is -2.15. The van der Waals surface area contributed by atoms with Crippen molar-refractivity contribution in [2.45, 2.75) is 50.2 Å². The van der Waals surface area contributed by atoms with Gasteiger partial charge in [-0.1, -0.05) is 19.9 Å². The topological polar surface area (TPSA) is 71.4 Å². The molecule has 0 aliphatic carbocycles. The lowest BCUT2D eigenvalue weighted by molar-refractivity contribution is -0.136. The van der Waals surface area contributed by atoms with Crippen molar-refractivity contribution in [3.05, 3.63) is 29.3 Å². The van der Waals surface area contributed by atoms with Crippen LogP contribution in [-0.4, -0.2) is 24.7 Å². The van der Waals surface area contributed by atoms with E-state index in [-0.39, 0.29) is 17.2 Å². The number of rotatable bonds is 5. The third kappa shape index (κ3) is 3.80. The van der Waals surface area contributed by atoms with Crippen LogP contribution in [0.4, 0.5) is 0 Å². The molecule has 1 rings (SSSR count). The Bertz CT molecular complexity index is 571. The third-order valence-electron chi connectivity index (χ3n) is 2.96. The van der Waals surface area contributed by atoms with Crippen molar-refractivity contribution in [2.75, 3.05) is 0 Å². The smallest absolute Gasteiger partial charge is 0.307 e. The molecular weight excluding hydrogens is 264 g/mol. The highest BCUT2D eigenvalue weighted by atomic mass is 32.2. The first-order chi connectivity index (χ1) is 8.64. The molecule has 0 aromatic heterocycles. The highest BCUT2D eigenvalue weighted by Crippen LogP contribution is 2.24. The van der Waals surface area contributed by atoms with Gasteiger partial charge in [0.15, 0.2) is 9.84 Å². The molecule has 19 heavy (non-hydrogen) atoms. The third-order valence-corrected chi connectivity index (χ3v) is 5.09. The maximum absolute atomic E-state index is 12.2. The van der Waals surface area contributed by atoms with E-state index >= 15 is 0 Å². The molecule has 0 aliphatic rings. The summed E-state index contributed by atoms with van der Waals surface area (Å²) in [6.07, 6.45) is -0.166. The summed E-state index contributed by atoms with van der Waals surface area (Å²) in [5.41, 5.74) is 1.37. The maximum Gasteiger partial charge on any atom is 0.307 e. The van der Waals surface area contributed by atoms with E-state index in [1.54, 1.807) is 26.0 Å². The van der Waals surface area contributed by atoms with Crippen LogP contribution in [0.25, 0.3) is 0 Å². The highest BCUT2D eigenvalue weighted by Gasteiger charge is 2.21. The van der Waals surface area contributed by atoms with Gasteiger partial charge >= 0.3 is 5.97 Å². The predicted octanol–water partition coefficient (Wildman–Crippen LogP) is 2.62. The Balaban J connectivity index is 3.40. The molecule has 0 radical (unpaired) electrons. The van der Waals surface area contributed by atoms with Crippen molar-refractivity contribution >= 4 is 15.8 Å². The van der Waals surface area contributed by atoms with Gasteiger partial charge in [0.1, 0.15) is 0 Å². The zero-order valence-electron chi connectivity index (χ0n) is 11.7. The minimum Gasteiger partial charge on any atom is -0.481 e. The summed E-state index contributed by atoms with van der Waals surface area (Å²) in [6, 6.07) is 4.87. The second kappa shape index (κ2) is 5.74. The zero-order valence-corrected chi connectivity index (χ0v) is 12.5. The van der Waals surface area contributed by atoms with E-state index in [2.05, 4.69) is 0 Å². The molecule has 0 fully saturated rings. The SMILES string of the molecule is CC(C)c1cc(CC(=O)O)cc(S(=O)(=O)C(C)C)c1. The normalized spacial score (nSPS) is 12.1. The number of carboxylic acids is 1. The number of carbonyl (C=O) groups is 1. The van der Waals surface area contributed by atoms with Crippen LogP contribution in [0, 0.1) is 0 Å². The molecule has 106 valence electrons. The molecule has 1 N–H and O–H groups in total. The average molecular weight is 284 g/mol. The molecule has 5 heteroatoms. The first-order valence-corrected chi connectivity index (χ1v) is 7.78. The fourth-order valence-electron chi connectivity index (χ4n) is 1.73. The molecule has 0 unspecified atom stereocenters. The van der Waals surface area contributed by atoms with Crippen LogP contribution < -0.4 is 0 Å². The van der Waals surface area contributed by atoms with Crippen molar-refractivity contribution in [3.8, 4) is 0 Å². The molecule has 0 saturated heterocycles. The van der Waals surface area contributed by atoms with Gasteiger partial charge in [0.05, 0.1) is 16.6 Å². The summed E-state index contributed by atoms with van der Waals surface area (Å²) in [7, 11) is -3.38. The van der Waals surface area contributed by atoms with Crippen LogP contribution in [0.15, 0.2) is 23.1 Å². The number of aliphatic carboxylic acids is 1. The molecule has 4 nitrogen and oxygen atoms in total. The Morgan fingerprint density at radius 1 is 1.16 bits per heavy atom. The van der Waals surface area contributed by atoms with Crippen molar-refractivity contribution in [1.82, 2.24) is 0 Å². The lowest BCUT2D eigenvalue weighted by Gasteiger charge is -2.13. The van der Waals surface area contributed by atoms with Gasteiger partial charge in [0.25, 0.3) is 0 Å². The molecule has 0 atom stereocenters. The Morgan fingerprint density at radius 3 is 2.16 bits per heavy atom. The summed E-state index contributed by atoms with van der Waals surface area (Å²) in [6.45, 7) is 7.14. The molecule has 0 heterocycles. The second-order valence-electron chi connectivity index (χ2n) is 5.23. The van der Waals surface area contributed by atoms with E-state index in [1.807, 2.05) is 13.8 Å². The number of sulfone groups is 1. The Morgan fingerprint density at radius 2 is 1.74 bits per heavy atom. The van der Waals surface area contributed by atoms with E-state index in [4.69, 9.17) is 5.11 Å². The van der Waals surface area contributed by atoms with Gasteiger partial charge in [-0.15, -0.1) is 0 Å². The maximum atomic E-state index is 12.2. The fourth-order valence-corrected chi connectivity index (χ4v) is 2.89. The van der Waals surface area contributed by atoms with E-state index in [9.17, 15) is 13.2 Å². The zero-order chi connectivity index (χ0) is 14.8. The van der Waals surface area contributed by atoms with E-state index in [1.165, 1.54) is 6.07 Å². The molecule has 0 amide bonds. The van der Waals surface area contributed by atoms with Crippen molar-refractivity contribution in [3.63, 3.8) is 0 Å². The van der Waals surface area contributed by atoms with E-state index in [0.717, 1.165) is 5.56 Å². The van der Waals surface area contributed by atoms with Gasteiger partial charge in [-0.25, -0.2) is 8.42 Å². The number of hydrogen-bond acceptors (Lipinski definition) is 3. The predicted molar refractivity (Wildman–Crippen MR) is 74.2 cm³/mol. The summed E-state index contributed by atoms with van der Waals surface area (Å²) < 4.78 is 24.4. The van der Waals surface area contributed by atoms with E-state index in [0.29, 0.717) is 5.56 Å². The van der Waals surface area contributed by atoms with Crippen molar-refractivity contribution in [2.24, 2.45) is 0 Å². The Kier molecular flexibility index (Phi) is 4.74. The molecule has 0 spiro atoms. The standard InChI is InChI=1S/C14H20O4S/c1-9(2)12-5-11(7-14(15)16)6-13(8-12)19(17,18)10(3)4/h5-6,8-10H,7H2,1-4H3,(H,15,16). The molecule has 0 aliphatic heterocycles. The lowest BCUT2D eigenvalue weighted by atomic mass is 10.00. The number of carboxylic acid groups (broad SMARTS) is 1. The summed E-state index contributed by atoms with van der Waals surface area (Å²) in [5.74, 6) is -0.816. The van der Waals surface area contributed by atoms with Crippen LogP contribution in [0.1, 0.15) is 44.7 Å². The quantitative estimate of drug-likeness (QED) is 0.902. The Hall–Kier alpha value is -1.36. The Labute approximate surface area is 114 Å². The second-order valence-corrected chi connectivity index (χ2v) is 7.73. The molecular formula is C14H20O4S. The van der Waals surface area contributed by atoms with Gasteiger partial charge in [0, 0.05) is 0 Å². The average Bonchev–Trinajstić information content (AvgIpc) is 2.27. The van der Waals surface area contributed by atoms with Gasteiger partial charge in [-0.05, 0) is 43.0 Å². The van der Waals surface area contributed by atoms with Crippen LogP contribution >= 0.6 is 0 Å². The van der Waals surface area contributed by atoms with Crippen LogP contribution in [0.5, 0.6) is 0 Å². The van der Waals surface area contributed by atoms with Gasteiger partial charge in [-0.2, -0.15) is 0 Å². The van der Waals surface area contributed by atoms with E-state index < -0.39 is 21.1 Å². The van der Waals surface area contributed by atoms with Crippen molar-refractivity contribution < 1.29 is 18.3 Å². The first kappa shape index (κ1) is 15.7. The minimum absolute atomic E-state index is 0.148. The van der Waals surface area contributed by atoms with Crippen LogP contribution in [-0.2, 0) is 21.1 Å². The molecule has 1 aromatic carbocycles. The summed E-state index contributed by atoms with van der Waals surface area (Å²) in [5, 5.41) is 8.33. The molecule has 1 aromatic rings. The van der Waals surface area contributed by atoms with Crippen LogP contribution in [0.3, 0.4) is 0 Å². The number of hydrogen-bond donors (Lipinski definition) is 1. The largest absolute Gasteiger partial charge is 0.481 e. The first-order valence-electron chi connectivity index (χ1n) is 6.24. The van der Waals surface area contributed by atoms with Crippen LogP contribution in [0.2, 0.25) is 0 Å². The van der Waals surface area contributed by atoms with Gasteiger partial charge in [0.2, 0.25) is 0 Å². The minimum atomic E-state index is -3.38. The summed E-state index contributed by atoms with van der Waals surface area (Å²) >= 11 is 0.